The van der Waals surface area contributed by atoms with Gasteiger partial charge in [-0.05, 0) is 43.7 Å². The molecule has 0 aliphatic carbocycles. The van der Waals surface area contributed by atoms with Crippen molar-refractivity contribution in [1.29, 1.82) is 0 Å². The van der Waals surface area contributed by atoms with E-state index in [4.69, 9.17) is 4.74 Å². The molecule has 0 fully saturated rings. The zero-order valence-corrected chi connectivity index (χ0v) is 19.6. The maximum Gasteiger partial charge on any atom is 0.418 e. The number of esters is 1. The van der Waals surface area contributed by atoms with Crippen LogP contribution in [0.15, 0.2) is 53.9 Å². The number of ether oxygens (including phenoxy) is 1. The Labute approximate surface area is 207 Å². The van der Waals surface area contributed by atoms with Gasteiger partial charge in [0.25, 0.3) is 0 Å². The van der Waals surface area contributed by atoms with Gasteiger partial charge in [0.2, 0.25) is 0 Å². The summed E-state index contributed by atoms with van der Waals surface area (Å²) in [6.45, 7) is 2.53. The van der Waals surface area contributed by atoms with Crippen LogP contribution in [0.5, 0.6) is 0 Å². The van der Waals surface area contributed by atoms with Crippen molar-refractivity contribution < 1.29 is 35.9 Å². The zero-order valence-electron chi connectivity index (χ0n) is 19.6. The molecule has 0 bridgehead atoms. The second-order valence-electron chi connectivity index (χ2n) is 8.25. The molecule has 4 rings (SSSR count). The van der Waals surface area contributed by atoms with Crippen LogP contribution in [0.25, 0.3) is 11.0 Å². The van der Waals surface area contributed by atoms with Crippen LogP contribution in [0.2, 0.25) is 0 Å². The standard InChI is InChI=1S/C25H20F6N4O2/c1-3-14(7-6-13(2)24(26,27)28)33-21-16-9-8-15(11-18-17(25(29,30)31)5-4-10-32-18)34-22(16)35-19-12-37-23(36)20(19)21/h4-10H,3,11-12H2,1-2H3,(H,33,34,35)/b13-6+,14-7+. The van der Waals surface area contributed by atoms with E-state index >= 15 is 0 Å². The van der Waals surface area contributed by atoms with Gasteiger partial charge in [0.15, 0.2) is 5.65 Å². The molecule has 194 valence electrons. The highest BCUT2D eigenvalue weighted by atomic mass is 19.4. The van der Waals surface area contributed by atoms with Crippen LogP contribution < -0.4 is 5.32 Å². The number of hydrogen-bond donors (Lipinski definition) is 1. The summed E-state index contributed by atoms with van der Waals surface area (Å²) in [7, 11) is 0. The van der Waals surface area contributed by atoms with Gasteiger partial charge in [0.05, 0.1) is 22.6 Å². The Bertz CT molecular complexity index is 1430. The number of pyridine rings is 3. The summed E-state index contributed by atoms with van der Waals surface area (Å²) < 4.78 is 83.9. The maximum absolute atomic E-state index is 13.4. The highest BCUT2D eigenvalue weighted by Crippen LogP contribution is 2.35. The van der Waals surface area contributed by atoms with Gasteiger partial charge < -0.3 is 10.1 Å². The summed E-state index contributed by atoms with van der Waals surface area (Å²) in [5.74, 6) is -0.656. The molecule has 0 atom stereocenters. The van der Waals surface area contributed by atoms with E-state index in [1.807, 2.05) is 0 Å². The topological polar surface area (TPSA) is 77.0 Å². The fourth-order valence-electron chi connectivity index (χ4n) is 3.73. The van der Waals surface area contributed by atoms with Crippen LogP contribution in [-0.4, -0.2) is 27.1 Å². The van der Waals surface area contributed by atoms with Crippen molar-refractivity contribution in [3.8, 4) is 0 Å². The quantitative estimate of drug-likeness (QED) is 0.226. The van der Waals surface area contributed by atoms with Gasteiger partial charge in [-0.2, -0.15) is 26.3 Å². The Hall–Kier alpha value is -3.96. The van der Waals surface area contributed by atoms with Gasteiger partial charge in [0, 0.05) is 35.0 Å². The predicted octanol–water partition coefficient (Wildman–Crippen LogP) is 6.52. The number of nitrogens with zero attached hydrogens (tertiary/aromatic N) is 3. The van der Waals surface area contributed by atoms with Crippen molar-refractivity contribution in [3.63, 3.8) is 0 Å². The molecule has 1 aliphatic rings. The highest BCUT2D eigenvalue weighted by Gasteiger charge is 2.34. The highest BCUT2D eigenvalue weighted by molar-refractivity contribution is 6.07. The van der Waals surface area contributed by atoms with E-state index in [1.54, 1.807) is 13.0 Å². The fraction of sp³-hybridized carbons (Fsp3) is 0.280. The normalized spacial score (nSPS) is 14.6. The third-order valence-electron chi connectivity index (χ3n) is 5.72. The molecule has 3 aromatic rings. The van der Waals surface area contributed by atoms with Crippen molar-refractivity contribution in [2.45, 2.75) is 45.6 Å². The van der Waals surface area contributed by atoms with Gasteiger partial charge in [-0.3, -0.25) is 4.98 Å². The summed E-state index contributed by atoms with van der Waals surface area (Å²) in [5, 5.41) is 3.37. The summed E-state index contributed by atoms with van der Waals surface area (Å²) in [6, 6.07) is 5.16. The first-order valence-corrected chi connectivity index (χ1v) is 11.1. The Balaban J connectivity index is 1.77. The molecule has 6 nitrogen and oxygen atoms in total. The second-order valence-corrected chi connectivity index (χ2v) is 8.25. The molecule has 0 saturated carbocycles. The van der Waals surface area contributed by atoms with E-state index in [-0.39, 0.29) is 47.0 Å². The number of alkyl halides is 6. The number of halogens is 6. The molecule has 0 spiro atoms. The number of allylic oxidation sites excluding steroid dienone is 4. The Kier molecular flexibility index (Phi) is 6.94. The summed E-state index contributed by atoms with van der Waals surface area (Å²) >= 11 is 0. The Morgan fingerprint density at radius 2 is 1.86 bits per heavy atom. The van der Waals surface area contributed by atoms with Crippen molar-refractivity contribution >= 4 is 22.7 Å². The molecule has 0 radical (unpaired) electrons. The summed E-state index contributed by atoms with van der Waals surface area (Å²) in [5.41, 5.74) is -0.467. The number of cyclic esters (lactones) is 1. The van der Waals surface area contributed by atoms with Gasteiger partial charge in [0.1, 0.15) is 12.2 Å². The van der Waals surface area contributed by atoms with Crippen LogP contribution in [0.4, 0.5) is 32.0 Å². The summed E-state index contributed by atoms with van der Waals surface area (Å²) in [4.78, 5) is 25.0. The van der Waals surface area contributed by atoms with E-state index in [1.165, 1.54) is 24.4 Å². The molecular formula is C25H20F6N4O2. The molecule has 1 N–H and O–H groups in total. The predicted molar refractivity (Wildman–Crippen MR) is 123 cm³/mol. The number of rotatable bonds is 6. The van der Waals surface area contributed by atoms with Crippen molar-refractivity contribution in [2.24, 2.45) is 0 Å². The molecule has 0 saturated heterocycles. The Morgan fingerprint density at radius 3 is 2.54 bits per heavy atom. The molecule has 0 aromatic carbocycles. The van der Waals surface area contributed by atoms with Crippen molar-refractivity contribution in [3.05, 3.63) is 82.1 Å². The minimum atomic E-state index is -4.59. The van der Waals surface area contributed by atoms with E-state index in [2.05, 4.69) is 20.3 Å². The van der Waals surface area contributed by atoms with Crippen LogP contribution >= 0.6 is 0 Å². The minimum Gasteiger partial charge on any atom is -0.455 e. The molecule has 37 heavy (non-hydrogen) atoms. The lowest BCUT2D eigenvalue weighted by Crippen LogP contribution is -2.12. The van der Waals surface area contributed by atoms with Gasteiger partial charge >= 0.3 is 18.3 Å². The molecule has 12 heteroatoms. The van der Waals surface area contributed by atoms with Crippen LogP contribution in [0.1, 0.15) is 53.3 Å². The van der Waals surface area contributed by atoms with Gasteiger partial charge in [-0.15, -0.1) is 0 Å². The molecule has 0 amide bonds. The molecule has 1 aliphatic heterocycles. The van der Waals surface area contributed by atoms with Crippen LogP contribution in [0, 0.1) is 0 Å². The van der Waals surface area contributed by atoms with Crippen LogP contribution in [-0.2, 0) is 23.9 Å². The Morgan fingerprint density at radius 1 is 1.11 bits per heavy atom. The van der Waals surface area contributed by atoms with E-state index in [9.17, 15) is 31.1 Å². The molecular weight excluding hydrogens is 502 g/mol. The number of carbonyl (C=O) groups is 1. The smallest absolute Gasteiger partial charge is 0.418 e. The lowest BCUT2D eigenvalue weighted by atomic mass is 10.1. The van der Waals surface area contributed by atoms with E-state index in [0.717, 1.165) is 19.1 Å². The SMILES string of the molecule is CC/C(=C\C=C(/C)C(F)(F)F)Nc1c2c(nc3nc(Cc4ncccc4C(F)(F)F)ccc13)COC2=O. The lowest BCUT2D eigenvalue weighted by Gasteiger charge is -2.15. The number of nitrogens with one attached hydrogen (secondary N) is 1. The number of fused-ring (bicyclic) bond motifs is 2. The lowest BCUT2D eigenvalue weighted by molar-refractivity contribution is -0.138. The molecule has 3 aromatic heterocycles. The number of carbonyl (C=O) groups excluding carboxylic acids is 1. The van der Waals surface area contributed by atoms with E-state index < -0.39 is 29.5 Å². The number of anilines is 1. The second kappa shape index (κ2) is 9.83. The van der Waals surface area contributed by atoms with Gasteiger partial charge in [-0.25, -0.2) is 14.8 Å². The van der Waals surface area contributed by atoms with E-state index in [0.29, 0.717) is 17.5 Å². The molecule has 0 unspecified atom stereocenters. The largest absolute Gasteiger partial charge is 0.455 e. The van der Waals surface area contributed by atoms with Crippen molar-refractivity contribution in [2.75, 3.05) is 5.32 Å². The fourth-order valence-corrected chi connectivity index (χ4v) is 3.73. The monoisotopic (exact) mass is 522 g/mol. The minimum absolute atomic E-state index is 0.127. The number of aromatic nitrogens is 3. The average Bonchev–Trinajstić information content (AvgIpc) is 3.20. The first-order chi connectivity index (χ1) is 17.4. The average molecular weight is 522 g/mol. The third kappa shape index (κ3) is 5.57. The zero-order chi connectivity index (χ0) is 27.0. The third-order valence-corrected chi connectivity index (χ3v) is 5.72. The maximum atomic E-state index is 13.4. The molecule has 4 heterocycles. The first-order valence-electron chi connectivity index (χ1n) is 11.1. The number of hydrogen-bond acceptors (Lipinski definition) is 6. The van der Waals surface area contributed by atoms with Crippen molar-refractivity contribution in [1.82, 2.24) is 15.0 Å². The van der Waals surface area contributed by atoms with Gasteiger partial charge in [-0.1, -0.05) is 13.0 Å². The first kappa shape index (κ1) is 26.1. The van der Waals surface area contributed by atoms with Crippen LogP contribution in [0.3, 0.4) is 0 Å². The summed E-state index contributed by atoms with van der Waals surface area (Å²) in [6.07, 6.45) is -5.53.